The molecule has 0 saturated carbocycles. The maximum absolute atomic E-state index is 12.1. The smallest absolute Gasteiger partial charge is 0.243 e. The van der Waals surface area contributed by atoms with Crippen molar-refractivity contribution in [2.24, 2.45) is 0 Å². The third-order valence-corrected chi connectivity index (χ3v) is 3.53. The van der Waals surface area contributed by atoms with E-state index >= 15 is 0 Å². The van der Waals surface area contributed by atoms with Gasteiger partial charge < -0.3 is 20.1 Å². The van der Waals surface area contributed by atoms with Crippen LogP contribution in [0.5, 0.6) is 11.5 Å². The van der Waals surface area contributed by atoms with E-state index in [-0.39, 0.29) is 12.5 Å². The van der Waals surface area contributed by atoms with E-state index in [0.717, 1.165) is 30.9 Å². The van der Waals surface area contributed by atoms with Gasteiger partial charge in [-0.3, -0.25) is 4.79 Å². The summed E-state index contributed by atoms with van der Waals surface area (Å²) in [5.41, 5.74) is 1.55. The van der Waals surface area contributed by atoms with Gasteiger partial charge in [-0.25, -0.2) is 0 Å². The van der Waals surface area contributed by atoms with E-state index in [1.165, 1.54) is 0 Å². The maximum Gasteiger partial charge on any atom is 0.243 e. The fraction of sp³-hybridized carbons (Fsp3) is 0.350. The second-order valence-corrected chi connectivity index (χ2v) is 5.56. The first kappa shape index (κ1) is 18.6. The van der Waals surface area contributed by atoms with Crippen LogP contribution in [0.25, 0.3) is 0 Å². The Morgan fingerprint density at radius 3 is 2.48 bits per heavy atom. The Balaban J connectivity index is 1.82. The molecule has 0 aliphatic heterocycles. The highest BCUT2D eigenvalue weighted by molar-refractivity contribution is 5.95. The zero-order valence-electron chi connectivity index (χ0n) is 14.9. The van der Waals surface area contributed by atoms with Crippen molar-refractivity contribution in [1.29, 1.82) is 0 Å². The zero-order valence-corrected chi connectivity index (χ0v) is 14.9. The van der Waals surface area contributed by atoms with Crippen LogP contribution in [-0.2, 0) is 4.79 Å². The van der Waals surface area contributed by atoms with Crippen LogP contribution in [0.15, 0.2) is 48.5 Å². The molecule has 2 rings (SSSR count). The van der Waals surface area contributed by atoms with Gasteiger partial charge in [0.1, 0.15) is 11.5 Å². The summed E-state index contributed by atoms with van der Waals surface area (Å²) < 4.78 is 11.1. The molecular formula is C20H26N2O3. The molecule has 2 aromatic carbocycles. The second kappa shape index (κ2) is 10.2. The van der Waals surface area contributed by atoms with E-state index in [2.05, 4.69) is 17.6 Å². The minimum atomic E-state index is -0.129. The van der Waals surface area contributed by atoms with E-state index in [9.17, 15) is 4.79 Å². The summed E-state index contributed by atoms with van der Waals surface area (Å²) >= 11 is 0. The van der Waals surface area contributed by atoms with Crippen LogP contribution in [-0.4, -0.2) is 25.7 Å². The van der Waals surface area contributed by atoms with Crippen LogP contribution < -0.4 is 20.1 Å². The topological polar surface area (TPSA) is 59.6 Å². The molecule has 134 valence electrons. The number of carbonyl (C=O) groups is 1. The molecule has 0 fully saturated rings. The Kier molecular flexibility index (Phi) is 7.63. The molecule has 0 aliphatic carbocycles. The van der Waals surface area contributed by atoms with Crippen molar-refractivity contribution < 1.29 is 14.3 Å². The van der Waals surface area contributed by atoms with Gasteiger partial charge in [-0.05, 0) is 49.7 Å². The first-order chi connectivity index (χ1) is 12.2. The fourth-order valence-corrected chi connectivity index (χ4v) is 2.23. The molecule has 0 spiro atoms. The molecule has 0 aliphatic rings. The normalized spacial score (nSPS) is 10.2. The highest BCUT2D eigenvalue weighted by Gasteiger charge is 2.07. The van der Waals surface area contributed by atoms with Gasteiger partial charge in [-0.2, -0.15) is 0 Å². The predicted molar refractivity (Wildman–Crippen MR) is 102 cm³/mol. The van der Waals surface area contributed by atoms with Gasteiger partial charge in [0.15, 0.2) is 0 Å². The number of hydrogen-bond donors (Lipinski definition) is 2. The van der Waals surface area contributed by atoms with Crippen molar-refractivity contribution in [2.45, 2.75) is 26.7 Å². The molecule has 1 amide bonds. The van der Waals surface area contributed by atoms with Crippen LogP contribution in [0.4, 0.5) is 11.4 Å². The molecule has 5 heteroatoms. The lowest BCUT2D eigenvalue weighted by Crippen LogP contribution is -2.22. The number of hydrogen-bond acceptors (Lipinski definition) is 4. The van der Waals surface area contributed by atoms with Gasteiger partial charge in [0.05, 0.1) is 25.4 Å². The number of rotatable bonds is 10. The van der Waals surface area contributed by atoms with E-state index in [1.807, 2.05) is 55.5 Å². The minimum absolute atomic E-state index is 0.129. The van der Waals surface area contributed by atoms with Crippen molar-refractivity contribution in [2.75, 3.05) is 30.4 Å². The third-order valence-electron chi connectivity index (χ3n) is 3.53. The Labute approximate surface area is 149 Å². The number of unbranched alkanes of at least 4 members (excludes halogenated alkanes) is 1. The summed E-state index contributed by atoms with van der Waals surface area (Å²) in [7, 11) is 0. The zero-order chi connectivity index (χ0) is 17.9. The fourth-order valence-electron chi connectivity index (χ4n) is 2.23. The van der Waals surface area contributed by atoms with Gasteiger partial charge in [-0.1, -0.05) is 25.5 Å². The third kappa shape index (κ3) is 6.37. The lowest BCUT2D eigenvalue weighted by atomic mass is 10.3. The second-order valence-electron chi connectivity index (χ2n) is 5.56. The molecular weight excluding hydrogens is 316 g/mol. The van der Waals surface area contributed by atoms with Crippen molar-refractivity contribution in [1.82, 2.24) is 0 Å². The SMILES string of the molecule is CCCCOc1ccc(NCC(=O)Nc2ccccc2OCC)cc1. The number of carbonyl (C=O) groups excluding carboxylic acids is 1. The van der Waals surface area contributed by atoms with Gasteiger partial charge in [0.2, 0.25) is 5.91 Å². The lowest BCUT2D eigenvalue weighted by molar-refractivity contribution is -0.114. The highest BCUT2D eigenvalue weighted by Crippen LogP contribution is 2.23. The number of amides is 1. The van der Waals surface area contributed by atoms with Crippen LogP contribution in [0.2, 0.25) is 0 Å². The predicted octanol–water partition coefficient (Wildman–Crippen LogP) is 4.31. The molecule has 0 heterocycles. The summed E-state index contributed by atoms with van der Waals surface area (Å²) in [6.07, 6.45) is 2.16. The highest BCUT2D eigenvalue weighted by atomic mass is 16.5. The molecule has 0 bridgehead atoms. The Morgan fingerprint density at radius 2 is 1.76 bits per heavy atom. The van der Waals surface area contributed by atoms with Gasteiger partial charge in [0.25, 0.3) is 0 Å². The monoisotopic (exact) mass is 342 g/mol. The van der Waals surface area contributed by atoms with Crippen molar-refractivity contribution >= 4 is 17.3 Å². The summed E-state index contributed by atoms with van der Waals surface area (Å²) in [5.74, 6) is 1.39. The Hall–Kier alpha value is -2.69. The van der Waals surface area contributed by atoms with E-state index in [1.54, 1.807) is 0 Å². The standard InChI is InChI=1S/C20H26N2O3/c1-3-5-14-25-17-12-10-16(11-13-17)21-15-20(23)22-18-8-6-7-9-19(18)24-4-2/h6-13,21H,3-5,14-15H2,1-2H3,(H,22,23). The number of benzene rings is 2. The Morgan fingerprint density at radius 1 is 1.00 bits per heavy atom. The number of para-hydroxylation sites is 2. The van der Waals surface area contributed by atoms with E-state index in [0.29, 0.717) is 18.0 Å². The van der Waals surface area contributed by atoms with Crippen LogP contribution in [0, 0.1) is 0 Å². The molecule has 0 aromatic heterocycles. The average molecular weight is 342 g/mol. The van der Waals surface area contributed by atoms with Crippen molar-refractivity contribution in [3.8, 4) is 11.5 Å². The molecule has 0 radical (unpaired) electrons. The summed E-state index contributed by atoms with van der Waals surface area (Å²) in [6, 6.07) is 15.0. The summed E-state index contributed by atoms with van der Waals surface area (Å²) in [6.45, 7) is 5.50. The molecule has 5 nitrogen and oxygen atoms in total. The summed E-state index contributed by atoms with van der Waals surface area (Å²) in [5, 5.41) is 5.96. The Bertz CT molecular complexity index is 656. The molecule has 0 unspecified atom stereocenters. The van der Waals surface area contributed by atoms with Crippen LogP contribution in [0.3, 0.4) is 0 Å². The minimum Gasteiger partial charge on any atom is -0.494 e. The lowest BCUT2D eigenvalue weighted by Gasteiger charge is -2.12. The molecule has 25 heavy (non-hydrogen) atoms. The first-order valence-corrected chi connectivity index (χ1v) is 8.71. The van der Waals surface area contributed by atoms with Gasteiger partial charge in [-0.15, -0.1) is 0 Å². The van der Waals surface area contributed by atoms with Crippen molar-refractivity contribution in [3.63, 3.8) is 0 Å². The molecule has 0 saturated heterocycles. The maximum atomic E-state index is 12.1. The quantitative estimate of drug-likeness (QED) is 0.632. The molecule has 2 aromatic rings. The van der Waals surface area contributed by atoms with Gasteiger partial charge in [0, 0.05) is 5.69 Å². The average Bonchev–Trinajstić information content (AvgIpc) is 2.63. The van der Waals surface area contributed by atoms with Crippen molar-refractivity contribution in [3.05, 3.63) is 48.5 Å². The summed E-state index contributed by atoms with van der Waals surface area (Å²) in [4.78, 5) is 12.1. The number of ether oxygens (including phenoxy) is 2. The molecule has 0 atom stereocenters. The van der Waals surface area contributed by atoms with E-state index < -0.39 is 0 Å². The van der Waals surface area contributed by atoms with Crippen LogP contribution >= 0.6 is 0 Å². The largest absolute Gasteiger partial charge is 0.494 e. The molecule has 2 N–H and O–H groups in total. The first-order valence-electron chi connectivity index (χ1n) is 8.71. The number of anilines is 2. The van der Waals surface area contributed by atoms with Gasteiger partial charge >= 0.3 is 0 Å². The number of nitrogens with one attached hydrogen (secondary N) is 2. The van der Waals surface area contributed by atoms with Crippen LogP contribution in [0.1, 0.15) is 26.7 Å². The van der Waals surface area contributed by atoms with E-state index in [4.69, 9.17) is 9.47 Å².